The molecule has 22 heavy (non-hydrogen) atoms. The van der Waals surface area contributed by atoms with Gasteiger partial charge in [-0.05, 0) is 24.3 Å². The SMILES string of the molecule is O=C1[C@H]2CC=CC[C@H]2C(=O)N1C[NH+]1CCC[C@@H]1c1cccs1. The molecule has 1 aromatic rings. The summed E-state index contributed by atoms with van der Waals surface area (Å²) in [4.78, 5) is 29.5. The van der Waals surface area contributed by atoms with E-state index in [1.165, 1.54) is 16.2 Å². The number of nitrogens with one attached hydrogen (secondary N) is 1. The number of nitrogens with zero attached hydrogens (tertiary/aromatic N) is 1. The molecule has 1 unspecified atom stereocenters. The molecule has 2 saturated heterocycles. The summed E-state index contributed by atoms with van der Waals surface area (Å²) in [6.45, 7) is 1.60. The molecule has 3 heterocycles. The van der Waals surface area contributed by atoms with Gasteiger partial charge in [0.1, 0.15) is 6.04 Å². The van der Waals surface area contributed by atoms with Gasteiger partial charge in [0.2, 0.25) is 11.8 Å². The fourth-order valence-corrected chi connectivity index (χ4v) is 5.08. The highest BCUT2D eigenvalue weighted by Gasteiger charge is 2.49. The Labute approximate surface area is 134 Å². The summed E-state index contributed by atoms with van der Waals surface area (Å²) in [6, 6.07) is 4.71. The monoisotopic (exact) mass is 317 g/mol. The number of carbonyl (C=O) groups is 2. The third-order valence-corrected chi connectivity index (χ3v) is 6.32. The van der Waals surface area contributed by atoms with E-state index in [4.69, 9.17) is 0 Å². The highest BCUT2D eigenvalue weighted by molar-refractivity contribution is 7.10. The predicted octanol–water partition coefficient (Wildman–Crippen LogP) is 1.38. The van der Waals surface area contributed by atoms with E-state index in [0.717, 1.165) is 25.8 Å². The molecule has 2 amide bonds. The maximum Gasteiger partial charge on any atom is 0.237 e. The summed E-state index contributed by atoms with van der Waals surface area (Å²) in [5, 5.41) is 2.11. The van der Waals surface area contributed by atoms with Gasteiger partial charge in [0.25, 0.3) is 0 Å². The van der Waals surface area contributed by atoms with Crippen LogP contribution < -0.4 is 4.90 Å². The Hall–Kier alpha value is -1.46. The molecule has 5 heteroatoms. The van der Waals surface area contributed by atoms with Gasteiger partial charge < -0.3 is 4.90 Å². The van der Waals surface area contributed by atoms with E-state index in [1.807, 2.05) is 12.2 Å². The van der Waals surface area contributed by atoms with Crippen molar-refractivity contribution < 1.29 is 14.5 Å². The van der Waals surface area contributed by atoms with Crippen LogP contribution in [0.3, 0.4) is 0 Å². The van der Waals surface area contributed by atoms with Crippen molar-refractivity contribution in [2.45, 2.75) is 31.7 Å². The zero-order valence-electron chi connectivity index (χ0n) is 12.5. The summed E-state index contributed by atoms with van der Waals surface area (Å²) in [6.07, 6.45) is 7.88. The number of carbonyl (C=O) groups excluding carboxylic acids is 2. The van der Waals surface area contributed by atoms with Gasteiger partial charge in [0.05, 0.1) is 23.3 Å². The fraction of sp³-hybridized carbons (Fsp3) is 0.529. The summed E-state index contributed by atoms with van der Waals surface area (Å²) in [5.74, 6) is -0.0771. The molecule has 116 valence electrons. The van der Waals surface area contributed by atoms with Crippen molar-refractivity contribution in [3.63, 3.8) is 0 Å². The maximum absolute atomic E-state index is 12.6. The van der Waals surface area contributed by atoms with E-state index < -0.39 is 0 Å². The van der Waals surface area contributed by atoms with Crippen molar-refractivity contribution in [3.05, 3.63) is 34.5 Å². The van der Waals surface area contributed by atoms with Crippen LogP contribution in [0, 0.1) is 11.8 Å². The standard InChI is InChI=1S/C17H20N2O2S/c20-16-12-5-1-2-6-13(12)17(21)19(16)11-18-9-3-7-14(18)15-8-4-10-22-15/h1-2,4,8,10,12-14H,3,5-7,9,11H2/p+1/t12-,13+,14-/m1/s1. The van der Waals surface area contributed by atoms with Crippen LogP contribution in [-0.4, -0.2) is 29.9 Å². The van der Waals surface area contributed by atoms with Gasteiger partial charge in [0, 0.05) is 12.8 Å². The number of hydrogen-bond donors (Lipinski definition) is 1. The predicted molar refractivity (Wildman–Crippen MR) is 84.2 cm³/mol. The van der Waals surface area contributed by atoms with Crippen LogP contribution in [0.25, 0.3) is 0 Å². The molecule has 4 atom stereocenters. The van der Waals surface area contributed by atoms with E-state index in [2.05, 4.69) is 17.5 Å². The Kier molecular flexibility index (Phi) is 3.62. The second-order valence-electron chi connectivity index (χ2n) is 6.54. The minimum atomic E-state index is -0.0975. The third-order valence-electron chi connectivity index (χ3n) is 5.33. The maximum atomic E-state index is 12.6. The molecule has 4 rings (SSSR count). The lowest BCUT2D eigenvalue weighted by atomic mass is 9.85. The largest absolute Gasteiger partial charge is 0.311 e. The Morgan fingerprint density at radius 1 is 1.18 bits per heavy atom. The smallest absolute Gasteiger partial charge is 0.237 e. The molecular weight excluding hydrogens is 296 g/mol. The van der Waals surface area contributed by atoms with Gasteiger partial charge in [-0.15, -0.1) is 11.3 Å². The van der Waals surface area contributed by atoms with Crippen molar-refractivity contribution in [2.75, 3.05) is 13.2 Å². The lowest BCUT2D eigenvalue weighted by molar-refractivity contribution is -0.925. The van der Waals surface area contributed by atoms with Crippen molar-refractivity contribution >= 4 is 23.2 Å². The molecule has 0 bridgehead atoms. The molecule has 1 aromatic heterocycles. The van der Waals surface area contributed by atoms with E-state index in [0.29, 0.717) is 12.7 Å². The topological polar surface area (TPSA) is 41.8 Å². The Bertz CT molecular complexity index is 584. The summed E-state index contributed by atoms with van der Waals surface area (Å²) in [5.41, 5.74) is 0. The number of hydrogen-bond acceptors (Lipinski definition) is 3. The second kappa shape index (κ2) is 5.63. The van der Waals surface area contributed by atoms with Crippen LogP contribution in [0.1, 0.15) is 36.6 Å². The number of imide groups is 1. The summed E-state index contributed by atoms with van der Waals surface area (Å²) in [7, 11) is 0. The van der Waals surface area contributed by atoms with E-state index in [9.17, 15) is 9.59 Å². The zero-order chi connectivity index (χ0) is 15.1. The van der Waals surface area contributed by atoms with Crippen LogP contribution in [0.5, 0.6) is 0 Å². The molecule has 2 fully saturated rings. The molecule has 4 nitrogen and oxygen atoms in total. The van der Waals surface area contributed by atoms with Gasteiger partial charge in [-0.1, -0.05) is 18.2 Å². The van der Waals surface area contributed by atoms with E-state index in [1.54, 1.807) is 16.2 Å². The molecule has 0 aromatic carbocycles. The van der Waals surface area contributed by atoms with Crippen molar-refractivity contribution in [1.82, 2.24) is 4.90 Å². The van der Waals surface area contributed by atoms with Gasteiger partial charge in [-0.25, -0.2) is 4.90 Å². The number of likely N-dealkylation sites (tertiary alicyclic amines) is 2. The molecule has 1 aliphatic carbocycles. The van der Waals surface area contributed by atoms with Crippen molar-refractivity contribution in [2.24, 2.45) is 11.8 Å². The lowest BCUT2D eigenvalue weighted by Crippen LogP contribution is -3.12. The summed E-state index contributed by atoms with van der Waals surface area (Å²) < 4.78 is 0. The highest BCUT2D eigenvalue weighted by Crippen LogP contribution is 2.34. The molecule has 2 aliphatic heterocycles. The molecule has 0 spiro atoms. The highest BCUT2D eigenvalue weighted by atomic mass is 32.1. The minimum absolute atomic E-state index is 0.0590. The number of quaternary nitrogens is 1. The second-order valence-corrected chi connectivity index (χ2v) is 7.52. The first-order valence-electron chi connectivity index (χ1n) is 8.14. The lowest BCUT2D eigenvalue weighted by Gasteiger charge is -2.25. The van der Waals surface area contributed by atoms with Gasteiger partial charge in [0.15, 0.2) is 6.67 Å². The van der Waals surface area contributed by atoms with Crippen LogP contribution >= 0.6 is 11.3 Å². The average molecular weight is 317 g/mol. The molecule has 1 N–H and O–H groups in total. The summed E-state index contributed by atoms with van der Waals surface area (Å²) >= 11 is 1.78. The number of rotatable bonds is 3. The number of amides is 2. The first-order chi connectivity index (χ1) is 10.8. The van der Waals surface area contributed by atoms with Crippen LogP contribution in [0.4, 0.5) is 0 Å². The fourth-order valence-electron chi connectivity index (χ4n) is 4.16. The Morgan fingerprint density at radius 3 is 2.55 bits per heavy atom. The van der Waals surface area contributed by atoms with Gasteiger partial charge >= 0.3 is 0 Å². The first-order valence-corrected chi connectivity index (χ1v) is 9.02. The number of allylic oxidation sites excluding steroid dienone is 2. The molecule has 0 saturated carbocycles. The average Bonchev–Trinajstić information content (AvgIpc) is 3.25. The van der Waals surface area contributed by atoms with Gasteiger partial charge in [-0.2, -0.15) is 0 Å². The van der Waals surface area contributed by atoms with Crippen LogP contribution in [0.2, 0.25) is 0 Å². The molecule has 0 radical (unpaired) electrons. The molecule has 3 aliphatic rings. The van der Waals surface area contributed by atoms with Gasteiger partial charge in [-0.3, -0.25) is 9.59 Å². The van der Waals surface area contributed by atoms with Crippen LogP contribution in [0.15, 0.2) is 29.7 Å². The van der Waals surface area contributed by atoms with E-state index in [-0.39, 0.29) is 23.7 Å². The van der Waals surface area contributed by atoms with Crippen molar-refractivity contribution in [3.8, 4) is 0 Å². The first kappa shape index (κ1) is 14.2. The minimum Gasteiger partial charge on any atom is -0.311 e. The molecular formula is C17H21N2O2S+. The third kappa shape index (κ3) is 2.23. The number of fused-ring (bicyclic) bond motifs is 1. The van der Waals surface area contributed by atoms with E-state index >= 15 is 0 Å². The Morgan fingerprint density at radius 2 is 1.91 bits per heavy atom. The normalized spacial score (nSPS) is 34.5. The zero-order valence-corrected chi connectivity index (χ0v) is 13.3. The Balaban J connectivity index is 1.51. The quantitative estimate of drug-likeness (QED) is 0.676. The van der Waals surface area contributed by atoms with Crippen molar-refractivity contribution in [1.29, 1.82) is 0 Å². The van der Waals surface area contributed by atoms with Crippen LogP contribution in [-0.2, 0) is 9.59 Å². The number of thiophene rings is 1.